The highest BCUT2D eigenvalue weighted by molar-refractivity contribution is 9.11. The molecule has 0 bridgehead atoms. The van der Waals surface area contributed by atoms with Crippen LogP contribution in [0.4, 0.5) is 16.5 Å². The minimum atomic E-state index is -0.384. The molecule has 2 amide bonds. The van der Waals surface area contributed by atoms with Crippen molar-refractivity contribution in [1.82, 2.24) is 10.4 Å². The van der Waals surface area contributed by atoms with Crippen LogP contribution in [0.2, 0.25) is 5.02 Å². The normalized spacial score (nSPS) is 11.0. The van der Waals surface area contributed by atoms with Crippen molar-refractivity contribution in [3.8, 4) is 17.0 Å². The van der Waals surface area contributed by atoms with Gasteiger partial charge in [0.25, 0.3) is 11.8 Å². The van der Waals surface area contributed by atoms with E-state index in [9.17, 15) is 9.59 Å². The third-order valence-corrected chi connectivity index (χ3v) is 8.64. The van der Waals surface area contributed by atoms with E-state index in [1.807, 2.05) is 73.8 Å². The Morgan fingerprint density at radius 3 is 2.42 bits per heavy atom. The van der Waals surface area contributed by atoms with Gasteiger partial charge in [-0.3, -0.25) is 9.59 Å². The lowest BCUT2D eigenvalue weighted by molar-refractivity contribution is -0.118. The number of carbonyl (C=O) groups excluding carboxylic acids is 2. The number of halogens is 3. The number of ether oxygens (including phenoxy) is 1. The third kappa shape index (κ3) is 8.79. The van der Waals surface area contributed by atoms with Crippen molar-refractivity contribution in [3.05, 3.63) is 120 Å². The topological polar surface area (TPSA) is 105 Å². The second-order valence-electron chi connectivity index (χ2n) is 9.89. The summed E-state index contributed by atoms with van der Waals surface area (Å²) in [7, 11) is 0. The maximum Gasteiger partial charge on any atom is 0.271 e. The molecule has 0 radical (unpaired) electrons. The Bertz CT molecular complexity index is 1880. The third-order valence-electron chi connectivity index (χ3n) is 6.59. The number of benzene rings is 4. The number of nitrogens with one attached hydrogen (secondary N) is 3. The highest BCUT2D eigenvalue weighted by atomic mass is 79.9. The van der Waals surface area contributed by atoms with Crippen LogP contribution in [0.1, 0.15) is 27.0 Å². The zero-order valence-electron chi connectivity index (χ0n) is 24.0. The van der Waals surface area contributed by atoms with Crippen molar-refractivity contribution >= 4 is 89.3 Å². The highest BCUT2D eigenvalue weighted by Crippen LogP contribution is 2.32. The summed E-state index contributed by atoms with van der Waals surface area (Å²) < 4.78 is 7.23. The van der Waals surface area contributed by atoms with Gasteiger partial charge in [-0.15, -0.1) is 11.3 Å². The SMILES string of the molecule is Cc1ccc(NC(=O)COc2c(Br)cc(Br)cc2/C=N\NC(=O)c2ccc(-c3csc(Nc4ccc(Cl)cc4)n3)cc2)cc1C. The number of aromatic nitrogens is 1. The van der Waals surface area contributed by atoms with Crippen LogP contribution in [0.3, 0.4) is 0 Å². The Kier molecular flexibility index (Phi) is 10.7. The van der Waals surface area contributed by atoms with Gasteiger partial charge in [-0.05, 0) is 102 Å². The number of aryl methyl sites for hydroxylation is 2. The average molecular weight is 768 g/mol. The molecule has 228 valence electrons. The average Bonchev–Trinajstić information content (AvgIpc) is 3.48. The molecule has 1 aromatic heterocycles. The summed E-state index contributed by atoms with van der Waals surface area (Å²) in [5.74, 6) is -0.283. The van der Waals surface area contributed by atoms with E-state index in [2.05, 4.69) is 58.0 Å². The maximum atomic E-state index is 12.8. The molecular weight excluding hydrogens is 742 g/mol. The second-order valence-corrected chi connectivity index (χ2v) is 13.0. The fraction of sp³-hybridized carbons (Fsp3) is 0.0909. The number of nitrogens with zero attached hydrogens (tertiary/aromatic N) is 2. The Morgan fingerprint density at radius 1 is 0.956 bits per heavy atom. The molecule has 0 saturated heterocycles. The number of hydrogen-bond acceptors (Lipinski definition) is 7. The van der Waals surface area contributed by atoms with Gasteiger partial charge in [0.2, 0.25) is 0 Å². The number of amides is 2. The largest absolute Gasteiger partial charge is 0.482 e. The first-order valence-electron chi connectivity index (χ1n) is 13.6. The maximum absolute atomic E-state index is 12.8. The summed E-state index contributed by atoms with van der Waals surface area (Å²) in [6.07, 6.45) is 1.46. The molecule has 12 heteroatoms. The minimum absolute atomic E-state index is 0.218. The molecule has 3 N–H and O–H groups in total. The number of hydrogen-bond donors (Lipinski definition) is 3. The number of anilines is 3. The van der Waals surface area contributed by atoms with Crippen LogP contribution in [0.15, 0.2) is 98.3 Å². The van der Waals surface area contributed by atoms with Crippen LogP contribution >= 0.6 is 54.8 Å². The van der Waals surface area contributed by atoms with Crippen LogP contribution in [0.25, 0.3) is 11.3 Å². The summed E-state index contributed by atoms with van der Waals surface area (Å²) in [5.41, 5.74) is 9.00. The van der Waals surface area contributed by atoms with Crippen molar-refractivity contribution in [2.45, 2.75) is 13.8 Å². The van der Waals surface area contributed by atoms with E-state index in [1.54, 1.807) is 24.3 Å². The predicted molar refractivity (Wildman–Crippen MR) is 189 cm³/mol. The van der Waals surface area contributed by atoms with E-state index in [-0.39, 0.29) is 18.4 Å². The zero-order valence-corrected chi connectivity index (χ0v) is 28.8. The minimum Gasteiger partial charge on any atom is -0.482 e. The van der Waals surface area contributed by atoms with Gasteiger partial charge in [-0.1, -0.05) is 45.7 Å². The molecule has 0 aliphatic heterocycles. The molecule has 0 unspecified atom stereocenters. The van der Waals surface area contributed by atoms with E-state index in [1.165, 1.54) is 17.6 Å². The van der Waals surface area contributed by atoms with Gasteiger partial charge >= 0.3 is 0 Å². The zero-order chi connectivity index (χ0) is 31.9. The molecule has 5 rings (SSSR count). The summed E-state index contributed by atoms with van der Waals surface area (Å²) in [4.78, 5) is 30.0. The molecule has 45 heavy (non-hydrogen) atoms. The molecule has 0 aliphatic rings. The molecule has 0 fully saturated rings. The first-order valence-corrected chi connectivity index (χ1v) is 16.4. The molecule has 0 atom stereocenters. The molecule has 0 aliphatic carbocycles. The molecule has 0 saturated carbocycles. The van der Waals surface area contributed by atoms with Crippen LogP contribution in [0.5, 0.6) is 5.75 Å². The fourth-order valence-electron chi connectivity index (χ4n) is 4.12. The van der Waals surface area contributed by atoms with Crippen molar-refractivity contribution in [3.63, 3.8) is 0 Å². The number of hydrazone groups is 1. The van der Waals surface area contributed by atoms with Gasteiger partial charge < -0.3 is 15.4 Å². The smallest absolute Gasteiger partial charge is 0.271 e. The molecular formula is C33H26Br2ClN5O3S. The molecule has 4 aromatic carbocycles. The lowest BCUT2D eigenvalue weighted by Gasteiger charge is -2.13. The molecule has 1 heterocycles. The summed E-state index contributed by atoms with van der Waals surface area (Å²) >= 11 is 14.4. The Morgan fingerprint density at radius 2 is 1.69 bits per heavy atom. The predicted octanol–water partition coefficient (Wildman–Crippen LogP) is 9.13. The van der Waals surface area contributed by atoms with Crippen LogP contribution in [-0.2, 0) is 4.79 Å². The number of thiazole rings is 1. The molecule has 0 spiro atoms. The van der Waals surface area contributed by atoms with E-state index < -0.39 is 0 Å². The Labute approximate surface area is 286 Å². The van der Waals surface area contributed by atoms with Crippen molar-refractivity contribution in [2.24, 2.45) is 5.10 Å². The first kappa shape index (κ1) is 32.4. The van der Waals surface area contributed by atoms with Crippen LogP contribution in [0, 0.1) is 13.8 Å². The van der Waals surface area contributed by atoms with E-state index in [4.69, 9.17) is 16.3 Å². The summed E-state index contributed by atoms with van der Waals surface area (Å²) in [5, 5.41) is 13.6. The monoisotopic (exact) mass is 765 g/mol. The van der Waals surface area contributed by atoms with Crippen LogP contribution in [-0.4, -0.2) is 29.6 Å². The van der Waals surface area contributed by atoms with Gasteiger partial charge in [0.05, 0.1) is 16.4 Å². The van der Waals surface area contributed by atoms with Crippen molar-refractivity contribution in [2.75, 3.05) is 17.2 Å². The van der Waals surface area contributed by atoms with Gasteiger partial charge in [-0.25, -0.2) is 10.4 Å². The van der Waals surface area contributed by atoms with Gasteiger partial charge in [0.15, 0.2) is 11.7 Å². The standard InChI is InChI=1S/C33H26Br2ClN5O3S/c1-19-3-10-27(13-20(19)2)38-30(42)17-44-31-23(14-24(34)15-28(31)35)16-37-41-32(43)22-6-4-21(5-7-22)29-18-45-33(40-29)39-26-11-8-25(36)9-12-26/h3-16,18H,17H2,1-2H3,(H,38,42)(H,39,40)(H,41,43)/b37-16-. The van der Waals surface area contributed by atoms with Crippen molar-refractivity contribution < 1.29 is 14.3 Å². The van der Waals surface area contributed by atoms with E-state index in [0.717, 1.165) is 37.7 Å². The van der Waals surface area contributed by atoms with Gasteiger partial charge in [0, 0.05) is 42.9 Å². The van der Waals surface area contributed by atoms with Crippen molar-refractivity contribution in [1.29, 1.82) is 0 Å². The summed E-state index contributed by atoms with van der Waals surface area (Å²) in [6, 6.07) is 23.8. The lowest BCUT2D eigenvalue weighted by atomic mass is 10.1. The van der Waals surface area contributed by atoms with E-state index in [0.29, 0.717) is 32.1 Å². The quantitative estimate of drug-likeness (QED) is 0.0972. The van der Waals surface area contributed by atoms with E-state index >= 15 is 0 Å². The van der Waals surface area contributed by atoms with Gasteiger partial charge in [0.1, 0.15) is 5.75 Å². The lowest BCUT2D eigenvalue weighted by Crippen LogP contribution is -2.21. The first-order chi connectivity index (χ1) is 21.6. The summed E-state index contributed by atoms with van der Waals surface area (Å²) in [6.45, 7) is 3.78. The second kappa shape index (κ2) is 14.8. The number of carbonyl (C=O) groups is 2. The Balaban J connectivity index is 1.19. The highest BCUT2D eigenvalue weighted by Gasteiger charge is 2.13. The number of rotatable bonds is 10. The fourth-order valence-corrected chi connectivity index (χ4v) is 6.36. The molecule has 5 aromatic rings. The van der Waals surface area contributed by atoms with Gasteiger partial charge in [-0.2, -0.15) is 5.10 Å². The Hall–Kier alpha value is -4.03. The van der Waals surface area contributed by atoms with Crippen LogP contribution < -0.4 is 20.8 Å². The molecule has 8 nitrogen and oxygen atoms in total.